The molecular formula is C128H263FN10O. The minimum Gasteiger partial charge on any atom is -0.389 e. The van der Waals surface area contributed by atoms with Gasteiger partial charge in [0.25, 0.3) is 0 Å². The van der Waals surface area contributed by atoms with Crippen LogP contribution in [0.15, 0.2) is 0 Å². The maximum absolute atomic E-state index is 12.2. The number of aliphatic hydroxyl groups is 1. The summed E-state index contributed by atoms with van der Waals surface area (Å²) in [5.74, 6) is 4.59. The second-order valence-corrected chi connectivity index (χ2v) is 61.7. The highest BCUT2D eigenvalue weighted by atomic mass is 19.1. The topological polar surface area (TPSA) is 52.6 Å². The van der Waals surface area contributed by atoms with Crippen molar-refractivity contribution in [1.29, 1.82) is 0 Å². The van der Waals surface area contributed by atoms with E-state index in [9.17, 15) is 9.50 Å². The number of fused-ring (bicyclic) bond motifs is 2. The third kappa shape index (κ3) is 45.0. The van der Waals surface area contributed by atoms with Crippen molar-refractivity contribution in [1.82, 2.24) is 49.0 Å². The fourth-order valence-electron chi connectivity index (χ4n) is 25.5. The van der Waals surface area contributed by atoms with Crippen LogP contribution in [0.5, 0.6) is 0 Å². The van der Waals surface area contributed by atoms with Crippen LogP contribution in [0.2, 0.25) is 0 Å². The van der Waals surface area contributed by atoms with Gasteiger partial charge in [0.1, 0.15) is 6.67 Å². The molecule has 0 radical (unpaired) electrons. The zero-order valence-electron chi connectivity index (χ0n) is 106. The molecule has 11 fully saturated rings. The monoisotopic (exact) mass is 1980 g/mol. The molecule has 4 atom stereocenters. The number of rotatable bonds is 16. The highest BCUT2D eigenvalue weighted by Gasteiger charge is 2.49. The summed E-state index contributed by atoms with van der Waals surface area (Å²) in [5, 5.41) is 9.82. The number of β-amino-alcohol motifs (C(OH)–C–C–N with tert-alkyl or cyclic N) is 1. The molecule has 11 saturated heterocycles. The van der Waals surface area contributed by atoms with E-state index < -0.39 is 5.60 Å². The minimum absolute atomic E-state index is 0.202. The van der Waals surface area contributed by atoms with Crippen LogP contribution in [0.25, 0.3) is 0 Å². The average Bonchev–Trinajstić information content (AvgIpc) is 1.64. The molecule has 11 rings (SSSR count). The van der Waals surface area contributed by atoms with Crippen LogP contribution < -0.4 is 0 Å². The Hall–Kier alpha value is -0.510. The lowest BCUT2D eigenvalue weighted by atomic mass is 9.60. The van der Waals surface area contributed by atoms with Crippen molar-refractivity contribution >= 4 is 0 Å². The lowest BCUT2D eigenvalue weighted by Crippen LogP contribution is -2.49. The Bertz CT molecular complexity index is 3130. The lowest BCUT2D eigenvalue weighted by Gasteiger charge is -2.50. The Balaban J connectivity index is 0.000000526. The Morgan fingerprint density at radius 2 is 0.600 bits per heavy atom. The van der Waals surface area contributed by atoms with Gasteiger partial charge in [0.15, 0.2) is 0 Å². The van der Waals surface area contributed by atoms with E-state index in [1.54, 1.807) is 0 Å². The summed E-state index contributed by atoms with van der Waals surface area (Å²) in [7, 11) is 0. The zero-order valence-corrected chi connectivity index (χ0v) is 106. The Labute approximate surface area is 882 Å². The van der Waals surface area contributed by atoms with E-state index in [-0.39, 0.29) is 6.67 Å². The molecule has 0 aliphatic carbocycles. The van der Waals surface area contributed by atoms with E-state index in [0.29, 0.717) is 93.2 Å². The largest absolute Gasteiger partial charge is 0.389 e. The van der Waals surface area contributed by atoms with Crippen LogP contribution in [0.4, 0.5) is 4.39 Å². The molecule has 838 valence electrons. The van der Waals surface area contributed by atoms with E-state index in [0.717, 1.165) is 92.5 Å². The van der Waals surface area contributed by atoms with Gasteiger partial charge in [-0.15, -0.1) is 0 Å². The van der Waals surface area contributed by atoms with Gasteiger partial charge in [-0.2, -0.15) is 0 Å². The maximum atomic E-state index is 12.2. The number of piperidine rings is 10. The van der Waals surface area contributed by atoms with E-state index >= 15 is 0 Å². The highest BCUT2D eigenvalue weighted by molar-refractivity contribution is 5.01. The highest BCUT2D eigenvalue weighted by Crippen LogP contribution is 2.54. The van der Waals surface area contributed by atoms with Gasteiger partial charge in [0.2, 0.25) is 0 Å². The molecule has 2 bridgehead atoms. The summed E-state index contributed by atoms with van der Waals surface area (Å²) in [6.45, 7) is 148. The number of hydrogen-bond acceptors (Lipinski definition) is 11. The molecule has 11 nitrogen and oxygen atoms in total. The summed E-state index contributed by atoms with van der Waals surface area (Å²) in [6, 6.07) is 4.06. The Kier molecular flexibility index (Phi) is 56.1. The molecule has 0 aromatic rings. The molecule has 11 heterocycles. The molecule has 11 aliphatic rings. The van der Waals surface area contributed by atoms with Crippen LogP contribution in [0, 0.1) is 116 Å². The minimum atomic E-state index is -0.560. The first-order valence-corrected chi connectivity index (χ1v) is 60.3. The number of halogens is 1. The lowest BCUT2D eigenvalue weighted by molar-refractivity contribution is -0.0165. The SMILES string of the molecule is CC(C)(C)C1(C)CCN(CCF)CC1.CC(C)(O)CN1CCC(C)(C(C)(C)C)CC1.CC(C)CN1CCC(C)(C(C)(C)C)CC1.CC(C)N1CCC(C(C)(C)C)CC1.CC(C)N1CCC(C)(C(C)(C)C)CC1.CCCN1CCC(C(C)(C)C)CC1.CCCN1CCC(C(C)(C)C)CC1.CCN1C2CCC1CC(C(C)(C)C)C2.CCN1CCC(C)(C(C)(C)C)CC1C.CCN1CCC(CC)(C(C)(C)C)CC1. The van der Waals surface area contributed by atoms with Crippen molar-refractivity contribution < 1.29 is 9.50 Å². The molecule has 0 spiro atoms. The quantitative estimate of drug-likeness (QED) is 0.161. The van der Waals surface area contributed by atoms with Crippen LogP contribution in [0.1, 0.15) is 507 Å². The molecule has 140 heavy (non-hydrogen) atoms. The summed E-state index contributed by atoms with van der Waals surface area (Å²) in [5.41, 5.74) is 7.20. The Morgan fingerprint density at radius 1 is 0.307 bits per heavy atom. The number of likely N-dealkylation sites (tertiary alicyclic amines) is 9. The molecule has 0 aromatic heterocycles. The zero-order chi connectivity index (χ0) is 108. The summed E-state index contributed by atoms with van der Waals surface area (Å²) in [4.78, 5) is 25.6. The second-order valence-electron chi connectivity index (χ2n) is 61.7. The molecule has 1 N–H and O–H groups in total. The smallest absolute Gasteiger partial charge is 0.102 e. The van der Waals surface area contributed by atoms with E-state index in [1.807, 2.05) is 13.8 Å². The van der Waals surface area contributed by atoms with E-state index in [1.165, 1.54) is 285 Å². The molecule has 4 unspecified atom stereocenters. The van der Waals surface area contributed by atoms with Crippen molar-refractivity contribution in [3.8, 4) is 0 Å². The molecule has 0 saturated carbocycles. The first kappa shape index (κ1) is 136. The third-order valence-electron chi connectivity index (χ3n) is 41.1. The molecule has 11 aliphatic heterocycles. The van der Waals surface area contributed by atoms with Crippen molar-refractivity contribution in [2.75, 3.05) is 170 Å². The normalized spacial score (nSPS) is 26.1. The van der Waals surface area contributed by atoms with Crippen molar-refractivity contribution in [2.24, 2.45) is 116 Å². The van der Waals surface area contributed by atoms with Crippen LogP contribution in [-0.4, -0.2) is 260 Å². The maximum Gasteiger partial charge on any atom is 0.102 e. The first-order valence-electron chi connectivity index (χ1n) is 60.3. The third-order valence-corrected chi connectivity index (χ3v) is 41.1. The molecular weight excluding hydrogens is 1710 g/mol. The standard InChI is InChI=1S/C14H29NO.C14H29N.C13H25N.3C13H27N.C12H24FN.3C12H25N/c1-12(2,3)14(6)7-9-15(10-8-14)11-13(4,5)16;1-12(2)11-15-9-7-14(6,8-10-15)13(3,4)5;1-5-14-11-6-7-12(14)9-10(8-11)13(2,3)4;1-11(2)14-9-7-13(6,8-10-14)12(3,4)5;1-7-14-9-8-13(6,10-11(14)2)12(3,4)5;1-6-13(12(3,4)5)8-10-14(7-2)11-9-13;1-11(2,3)12(4)5-8-14(9-6-12)10-7-13;1-10(2)13-8-6-11(7-9-13)12(3,4)5;2*1-5-8-13-9-6-11(7-10-13)12(2,3)4/h16H,7-11H2,1-6H3;12H,7-11H2,1-6H3;10-12H,5-9H2,1-4H3;2*11H,7-10H2,1-6H3;6-11H2,1-5H3;5-10H2,1-4H3;10-11H,6-9H2,1-5H3;2*11H,5-10H2,1-4H3. The van der Waals surface area contributed by atoms with Crippen LogP contribution in [0.3, 0.4) is 0 Å². The summed E-state index contributed by atoms with van der Waals surface area (Å²) < 4.78 is 12.2. The fourth-order valence-corrected chi connectivity index (χ4v) is 25.5. The van der Waals surface area contributed by atoms with Gasteiger partial charge < -0.3 is 49.2 Å². The van der Waals surface area contributed by atoms with Gasteiger partial charge in [-0.05, 0) is 469 Å². The summed E-state index contributed by atoms with van der Waals surface area (Å²) in [6.07, 6.45) is 34.0. The van der Waals surface area contributed by atoms with Gasteiger partial charge in [-0.1, -0.05) is 298 Å². The predicted molar refractivity (Wildman–Crippen MR) is 625 cm³/mol. The fraction of sp³-hybridized carbons (Fsp3) is 1.00. The van der Waals surface area contributed by atoms with Crippen LogP contribution in [-0.2, 0) is 0 Å². The predicted octanol–water partition coefficient (Wildman–Crippen LogP) is 33.2. The number of nitrogens with zero attached hydrogens (tertiary/aromatic N) is 10. The first-order chi connectivity index (χ1) is 63.7. The second kappa shape index (κ2) is 58.0. The summed E-state index contributed by atoms with van der Waals surface area (Å²) >= 11 is 0. The van der Waals surface area contributed by atoms with Crippen molar-refractivity contribution in [2.45, 2.75) is 543 Å². The van der Waals surface area contributed by atoms with Gasteiger partial charge in [0, 0.05) is 49.8 Å². The van der Waals surface area contributed by atoms with E-state index in [4.69, 9.17) is 0 Å². The Morgan fingerprint density at radius 3 is 0.857 bits per heavy atom. The van der Waals surface area contributed by atoms with Crippen LogP contribution >= 0.6 is 0 Å². The number of hydrogen-bond donors (Lipinski definition) is 1. The van der Waals surface area contributed by atoms with Gasteiger partial charge in [0.05, 0.1) is 5.60 Å². The molecule has 0 amide bonds. The number of alkyl halides is 1. The van der Waals surface area contributed by atoms with Crippen molar-refractivity contribution in [3.05, 3.63) is 0 Å². The average molecular weight is 1980 g/mol. The van der Waals surface area contributed by atoms with Crippen molar-refractivity contribution in [3.63, 3.8) is 0 Å². The van der Waals surface area contributed by atoms with Gasteiger partial charge in [-0.25, -0.2) is 4.39 Å². The van der Waals surface area contributed by atoms with E-state index in [2.05, 4.69) is 381 Å². The van der Waals surface area contributed by atoms with Gasteiger partial charge in [-0.3, -0.25) is 4.90 Å². The molecule has 12 heteroatoms. The van der Waals surface area contributed by atoms with Gasteiger partial charge >= 0.3 is 0 Å². The molecule has 0 aromatic carbocycles.